The van der Waals surface area contributed by atoms with Gasteiger partial charge in [0.1, 0.15) is 11.6 Å². The van der Waals surface area contributed by atoms with Crippen molar-refractivity contribution >= 4 is 13.0 Å². The van der Waals surface area contributed by atoms with Crippen molar-refractivity contribution in [3.63, 3.8) is 0 Å². The monoisotopic (exact) mass is 295 g/mol. The molecule has 3 rings (SSSR count). The van der Waals surface area contributed by atoms with Crippen molar-refractivity contribution in [1.82, 2.24) is 9.97 Å². The van der Waals surface area contributed by atoms with Gasteiger partial charge >= 0.3 is 0 Å². The zero-order chi connectivity index (χ0) is 14.3. The van der Waals surface area contributed by atoms with Crippen LogP contribution in [0.2, 0.25) is 0 Å². The van der Waals surface area contributed by atoms with Crippen molar-refractivity contribution in [2.24, 2.45) is 5.92 Å². The van der Waals surface area contributed by atoms with Gasteiger partial charge in [-0.15, -0.1) is 0 Å². The third-order valence-corrected chi connectivity index (χ3v) is 6.33. The molecular formula is C14H22N3O2P. The van der Waals surface area contributed by atoms with Crippen LogP contribution in [-0.4, -0.2) is 46.2 Å². The molecule has 6 heteroatoms. The predicted molar refractivity (Wildman–Crippen MR) is 79.9 cm³/mol. The fraction of sp³-hybridized carbons (Fsp3) is 0.714. The summed E-state index contributed by atoms with van der Waals surface area (Å²) in [5.74, 6) is 2.37. The average Bonchev–Trinajstić information content (AvgIpc) is 3.05. The Hall–Kier alpha value is -0.930. The van der Waals surface area contributed by atoms with Crippen molar-refractivity contribution in [3.05, 3.63) is 17.6 Å². The molecule has 2 aliphatic rings. The molecule has 1 saturated carbocycles. The molecule has 110 valence electrons. The van der Waals surface area contributed by atoms with Gasteiger partial charge < -0.3 is 15.0 Å². The van der Waals surface area contributed by atoms with Crippen molar-refractivity contribution in [2.45, 2.75) is 38.3 Å². The molecule has 1 aliphatic heterocycles. The molecule has 2 N–H and O–H groups in total. The Morgan fingerprint density at radius 2 is 2.15 bits per heavy atom. The topological polar surface area (TPSA) is 75.1 Å². The van der Waals surface area contributed by atoms with E-state index in [4.69, 9.17) is 0 Å². The fourth-order valence-corrected chi connectivity index (χ4v) is 5.20. The lowest BCUT2D eigenvalue weighted by Crippen LogP contribution is -2.32. The quantitative estimate of drug-likeness (QED) is 0.830. The molecule has 1 unspecified atom stereocenters. The van der Waals surface area contributed by atoms with Crippen LogP contribution in [0.3, 0.4) is 0 Å². The molecular weight excluding hydrogens is 273 g/mol. The first-order chi connectivity index (χ1) is 9.41. The molecule has 5 nitrogen and oxygen atoms in total. The second-order valence-electron chi connectivity index (χ2n) is 6.44. The Morgan fingerprint density at radius 3 is 2.75 bits per heavy atom. The molecule has 0 spiro atoms. The molecule has 2 heterocycles. The zero-order valence-electron chi connectivity index (χ0n) is 12.0. The number of hydrogen-bond donors (Lipinski definition) is 2. The first-order valence-electron chi connectivity index (χ1n) is 7.26. The molecule has 1 aromatic heterocycles. The molecule has 0 bridgehead atoms. The molecule has 1 saturated heterocycles. The largest absolute Gasteiger partial charge is 0.390 e. The van der Waals surface area contributed by atoms with E-state index in [-0.39, 0.29) is 6.04 Å². The second kappa shape index (κ2) is 5.12. The number of aliphatic hydroxyl groups excluding tert-OH is 1. The van der Waals surface area contributed by atoms with Crippen molar-refractivity contribution in [3.8, 4) is 0 Å². The lowest BCUT2D eigenvalue weighted by molar-refractivity contribution is 0.190. The highest BCUT2D eigenvalue weighted by molar-refractivity contribution is 7.63. The first kappa shape index (κ1) is 14.0. The highest BCUT2D eigenvalue weighted by Crippen LogP contribution is 2.48. The minimum absolute atomic E-state index is 0.158. The Kier molecular flexibility index (Phi) is 3.59. The van der Waals surface area contributed by atoms with Gasteiger partial charge in [-0.2, -0.15) is 0 Å². The Balaban J connectivity index is 1.73. The Bertz CT molecular complexity index is 559. The molecule has 0 amide bonds. The number of aryl methyl sites for hydroxylation is 1. The molecule has 0 radical (unpaired) electrons. The summed E-state index contributed by atoms with van der Waals surface area (Å²) in [7, 11) is -2.18. The van der Waals surface area contributed by atoms with Crippen LogP contribution >= 0.6 is 7.14 Å². The van der Waals surface area contributed by atoms with Crippen LogP contribution in [0.5, 0.6) is 0 Å². The minimum atomic E-state index is -2.18. The standard InChI is InChI=1S/C14H22N3O2P/c1-9-5-13(17-14(15-9)6-10-3-4-10)16-11-7-20(2,19)8-12(11)18/h5,10-12,18H,3-4,6-8H2,1-2H3,(H,15,16,17)/t11-,12-,20?/m1/s1. The summed E-state index contributed by atoms with van der Waals surface area (Å²) >= 11 is 0. The predicted octanol–water partition coefficient (Wildman–Crippen LogP) is 1.89. The number of aliphatic hydroxyl groups is 1. The lowest BCUT2D eigenvalue weighted by atomic mass is 10.2. The fourth-order valence-electron chi connectivity index (χ4n) is 2.84. The number of rotatable bonds is 4. The Labute approximate surface area is 119 Å². The zero-order valence-corrected chi connectivity index (χ0v) is 12.9. The molecule has 2 fully saturated rings. The number of hydrogen-bond acceptors (Lipinski definition) is 5. The van der Waals surface area contributed by atoms with E-state index in [2.05, 4.69) is 15.3 Å². The third kappa shape index (κ3) is 3.39. The summed E-state index contributed by atoms with van der Waals surface area (Å²) in [4.78, 5) is 9.00. The van der Waals surface area contributed by atoms with Crippen LogP contribution in [0.1, 0.15) is 24.4 Å². The number of aromatic nitrogens is 2. The van der Waals surface area contributed by atoms with Crippen LogP contribution in [-0.2, 0) is 11.0 Å². The van der Waals surface area contributed by atoms with Crippen LogP contribution in [0.15, 0.2) is 6.07 Å². The SMILES string of the molecule is Cc1cc(N[C@@H]2CP(C)(=O)C[C@H]2O)nc(CC2CC2)n1. The Morgan fingerprint density at radius 1 is 1.40 bits per heavy atom. The summed E-state index contributed by atoms with van der Waals surface area (Å²) in [6.07, 6.45) is 3.89. The summed E-state index contributed by atoms with van der Waals surface area (Å²) in [6, 6.07) is 1.73. The van der Waals surface area contributed by atoms with Gasteiger partial charge in [0.2, 0.25) is 0 Å². The summed E-state index contributed by atoms with van der Waals surface area (Å²) < 4.78 is 12.1. The number of nitrogens with zero attached hydrogens (tertiary/aromatic N) is 2. The maximum atomic E-state index is 12.1. The molecule has 1 aliphatic carbocycles. The van der Waals surface area contributed by atoms with Gasteiger partial charge in [-0.05, 0) is 32.3 Å². The summed E-state index contributed by atoms with van der Waals surface area (Å²) in [6.45, 7) is 3.72. The van der Waals surface area contributed by atoms with E-state index in [1.807, 2.05) is 13.0 Å². The van der Waals surface area contributed by atoms with Gasteiger partial charge in [-0.3, -0.25) is 0 Å². The van der Waals surface area contributed by atoms with E-state index in [1.54, 1.807) is 6.66 Å². The van der Waals surface area contributed by atoms with E-state index in [0.717, 1.165) is 29.7 Å². The summed E-state index contributed by atoms with van der Waals surface area (Å²) in [5, 5.41) is 13.2. The van der Waals surface area contributed by atoms with Gasteiger partial charge in [0, 0.05) is 30.5 Å². The molecule has 3 atom stereocenters. The smallest absolute Gasteiger partial charge is 0.131 e. The van der Waals surface area contributed by atoms with E-state index in [1.165, 1.54) is 12.8 Å². The van der Waals surface area contributed by atoms with Gasteiger partial charge in [0.15, 0.2) is 0 Å². The van der Waals surface area contributed by atoms with Gasteiger partial charge in [0.25, 0.3) is 0 Å². The van der Waals surface area contributed by atoms with Crippen LogP contribution in [0.25, 0.3) is 0 Å². The van der Waals surface area contributed by atoms with Crippen LogP contribution in [0, 0.1) is 12.8 Å². The van der Waals surface area contributed by atoms with Gasteiger partial charge in [-0.25, -0.2) is 9.97 Å². The molecule has 20 heavy (non-hydrogen) atoms. The van der Waals surface area contributed by atoms with E-state index in [0.29, 0.717) is 12.3 Å². The van der Waals surface area contributed by atoms with Crippen molar-refractivity contribution in [2.75, 3.05) is 24.3 Å². The number of anilines is 1. The highest BCUT2D eigenvalue weighted by atomic mass is 31.2. The van der Waals surface area contributed by atoms with Crippen molar-refractivity contribution in [1.29, 1.82) is 0 Å². The third-order valence-electron chi connectivity index (χ3n) is 4.02. The van der Waals surface area contributed by atoms with Gasteiger partial charge in [0.05, 0.1) is 19.3 Å². The molecule has 0 aromatic carbocycles. The van der Waals surface area contributed by atoms with Crippen LogP contribution in [0.4, 0.5) is 5.82 Å². The summed E-state index contributed by atoms with van der Waals surface area (Å²) in [5.41, 5.74) is 0.935. The van der Waals surface area contributed by atoms with E-state index < -0.39 is 13.2 Å². The van der Waals surface area contributed by atoms with E-state index in [9.17, 15) is 9.67 Å². The highest BCUT2D eigenvalue weighted by Gasteiger charge is 2.37. The average molecular weight is 295 g/mol. The second-order valence-corrected chi connectivity index (χ2v) is 9.76. The normalized spacial score (nSPS) is 33.4. The maximum Gasteiger partial charge on any atom is 0.131 e. The minimum Gasteiger partial charge on any atom is -0.390 e. The number of nitrogens with one attached hydrogen (secondary N) is 1. The molecule has 1 aromatic rings. The van der Waals surface area contributed by atoms with E-state index >= 15 is 0 Å². The first-order valence-corrected chi connectivity index (χ1v) is 9.78. The lowest BCUT2D eigenvalue weighted by Gasteiger charge is -2.17. The van der Waals surface area contributed by atoms with Crippen LogP contribution < -0.4 is 5.32 Å². The van der Waals surface area contributed by atoms with Gasteiger partial charge in [-0.1, -0.05) is 0 Å². The maximum absolute atomic E-state index is 12.1. The van der Waals surface area contributed by atoms with Crippen molar-refractivity contribution < 1.29 is 9.67 Å².